The summed E-state index contributed by atoms with van der Waals surface area (Å²) in [5, 5.41) is 5.76. The van der Waals surface area contributed by atoms with Crippen molar-refractivity contribution in [1.82, 2.24) is 0 Å². The topological polar surface area (TPSA) is 95.7 Å². The Morgan fingerprint density at radius 1 is 1.53 bits per heavy atom. The molecule has 0 aliphatic heterocycles. The van der Waals surface area contributed by atoms with Crippen molar-refractivity contribution in [2.45, 2.75) is 11.5 Å². The third kappa shape index (κ3) is 3.11. The van der Waals surface area contributed by atoms with Crippen LogP contribution in [-0.2, 0) is 14.8 Å². The number of methoxy groups -OCH3 is 1. The van der Waals surface area contributed by atoms with Crippen LogP contribution in [0.3, 0.4) is 0 Å². The zero-order valence-electron chi connectivity index (χ0n) is 8.35. The minimum atomic E-state index is -4.37. The molecule has 6 nitrogen and oxygen atoms in total. The van der Waals surface area contributed by atoms with E-state index >= 15 is 0 Å². The molecule has 0 aromatic carbocycles. The van der Waals surface area contributed by atoms with Crippen molar-refractivity contribution in [3.8, 4) is 5.75 Å². The number of hydrogen-bond acceptors (Lipinski definition) is 6. The van der Waals surface area contributed by atoms with Gasteiger partial charge in [0.05, 0.1) is 7.11 Å². The highest BCUT2D eigenvalue weighted by atomic mass is 32.2. The van der Waals surface area contributed by atoms with Crippen LogP contribution < -0.4 is 9.88 Å². The number of nitrogens with two attached hydrogens (primary N) is 1. The minimum absolute atomic E-state index is 0.411. The van der Waals surface area contributed by atoms with Gasteiger partial charge < -0.3 is 9.47 Å². The van der Waals surface area contributed by atoms with Crippen LogP contribution in [0.2, 0.25) is 0 Å². The van der Waals surface area contributed by atoms with Gasteiger partial charge in [-0.25, -0.2) is 18.4 Å². The van der Waals surface area contributed by atoms with Crippen LogP contribution in [-0.4, -0.2) is 28.1 Å². The van der Waals surface area contributed by atoms with Crippen molar-refractivity contribution in [2.75, 3.05) is 7.11 Å². The molecule has 0 radical (unpaired) electrons. The van der Waals surface area contributed by atoms with Gasteiger partial charge in [-0.1, -0.05) is 0 Å². The minimum Gasteiger partial charge on any atom is -0.465 e. The van der Waals surface area contributed by atoms with Gasteiger partial charge in [0.25, 0.3) is 0 Å². The first-order valence-corrected chi connectivity index (χ1v) is 6.37. The molecule has 1 rings (SSSR count). The van der Waals surface area contributed by atoms with E-state index in [1.165, 1.54) is 0 Å². The van der Waals surface area contributed by atoms with E-state index < -0.39 is 38.1 Å². The fourth-order valence-electron chi connectivity index (χ4n) is 1.01. The number of primary sulfonamides is 1. The van der Waals surface area contributed by atoms with Gasteiger partial charge in [-0.05, 0) is 0 Å². The van der Waals surface area contributed by atoms with Crippen molar-refractivity contribution in [3.63, 3.8) is 0 Å². The molecule has 1 heterocycles. The maximum absolute atomic E-state index is 12.0. The Morgan fingerprint density at radius 3 is 2.53 bits per heavy atom. The second-order valence-corrected chi connectivity index (χ2v) is 5.05. The Balaban J connectivity index is 3.36. The number of hydrogen-bond donors (Lipinski definition) is 1. The molecule has 0 bridgehead atoms. The lowest BCUT2D eigenvalue weighted by Gasteiger charge is -2.05. The van der Waals surface area contributed by atoms with Crippen LogP contribution in [0, 0.1) is 0 Å². The number of carbonyl (C=O) groups is 1. The van der Waals surface area contributed by atoms with Crippen LogP contribution in [0.5, 0.6) is 5.75 Å². The van der Waals surface area contributed by atoms with E-state index in [4.69, 9.17) is 5.14 Å². The average Bonchev–Trinajstić information content (AvgIpc) is 2.58. The highest BCUT2D eigenvalue weighted by Crippen LogP contribution is 2.34. The average molecular weight is 287 g/mol. The number of thiophene rings is 1. The summed E-state index contributed by atoms with van der Waals surface area (Å²) in [4.78, 5) is 10.00. The second-order valence-electron chi connectivity index (χ2n) is 2.67. The van der Waals surface area contributed by atoms with Crippen LogP contribution in [0.4, 0.5) is 8.78 Å². The smallest absolute Gasteiger partial charge is 0.387 e. The van der Waals surface area contributed by atoms with Crippen LogP contribution in [0.15, 0.2) is 10.3 Å². The molecular formula is C7H7F2NO5S2. The molecule has 96 valence electrons. The highest BCUT2D eigenvalue weighted by Gasteiger charge is 2.29. The standard InChI is InChI=1S/C7H7F2NO5S2/c1-14-6(11)4-5(17(10,12)13)3(2-16-4)15-7(8)9/h2,7H,1H3,(H2,10,12,13). The molecule has 0 aliphatic carbocycles. The number of carbonyl (C=O) groups excluding carboxylic acids is 1. The van der Waals surface area contributed by atoms with Gasteiger partial charge in [-0.2, -0.15) is 8.78 Å². The number of ether oxygens (including phenoxy) is 2. The van der Waals surface area contributed by atoms with E-state index in [-0.39, 0.29) is 0 Å². The fourth-order valence-corrected chi connectivity index (χ4v) is 3.09. The summed E-state index contributed by atoms with van der Waals surface area (Å²) in [5.74, 6) is -1.67. The van der Waals surface area contributed by atoms with E-state index in [2.05, 4.69) is 9.47 Å². The number of alkyl halides is 2. The molecule has 2 N–H and O–H groups in total. The number of sulfonamides is 1. The predicted molar refractivity (Wildman–Crippen MR) is 53.7 cm³/mol. The van der Waals surface area contributed by atoms with Gasteiger partial charge in [-0.3, -0.25) is 0 Å². The Labute approximate surface area is 99.0 Å². The Morgan fingerprint density at radius 2 is 2.12 bits per heavy atom. The summed E-state index contributed by atoms with van der Waals surface area (Å²) < 4.78 is 54.7. The molecule has 0 fully saturated rings. The Kier molecular flexibility index (Phi) is 4.01. The molecule has 0 aliphatic rings. The normalized spacial score (nSPS) is 11.6. The van der Waals surface area contributed by atoms with Gasteiger partial charge >= 0.3 is 12.6 Å². The van der Waals surface area contributed by atoms with Gasteiger partial charge in [0.15, 0.2) is 5.75 Å². The molecule has 1 aromatic rings. The van der Waals surface area contributed by atoms with Gasteiger partial charge in [0.1, 0.15) is 9.77 Å². The first-order valence-electron chi connectivity index (χ1n) is 3.94. The molecular weight excluding hydrogens is 280 g/mol. The number of halogens is 2. The lowest BCUT2D eigenvalue weighted by Crippen LogP contribution is -2.17. The van der Waals surface area contributed by atoms with Crippen molar-refractivity contribution < 1.29 is 31.5 Å². The van der Waals surface area contributed by atoms with Crippen LogP contribution in [0.25, 0.3) is 0 Å². The Bertz CT molecular complexity index is 524. The van der Waals surface area contributed by atoms with Crippen molar-refractivity contribution in [2.24, 2.45) is 5.14 Å². The summed E-state index contributed by atoms with van der Waals surface area (Å²) in [6.07, 6.45) is 0. The molecule has 17 heavy (non-hydrogen) atoms. The van der Waals surface area contributed by atoms with Gasteiger partial charge in [0.2, 0.25) is 10.0 Å². The maximum Gasteiger partial charge on any atom is 0.387 e. The molecule has 0 spiro atoms. The maximum atomic E-state index is 12.0. The van der Waals surface area contributed by atoms with Crippen molar-refractivity contribution >= 4 is 27.3 Å². The number of rotatable bonds is 4. The molecule has 1 aromatic heterocycles. The summed E-state index contributed by atoms with van der Waals surface area (Å²) in [5.41, 5.74) is 0. The summed E-state index contributed by atoms with van der Waals surface area (Å²) in [7, 11) is -3.35. The molecule has 10 heteroatoms. The predicted octanol–water partition coefficient (Wildman–Crippen LogP) is 0.784. The second kappa shape index (κ2) is 4.94. The van der Waals surface area contributed by atoms with Gasteiger partial charge in [0, 0.05) is 5.38 Å². The molecule has 0 saturated heterocycles. The van der Waals surface area contributed by atoms with E-state index in [0.717, 1.165) is 12.5 Å². The van der Waals surface area contributed by atoms with E-state index in [1.807, 2.05) is 0 Å². The lowest BCUT2D eigenvalue weighted by molar-refractivity contribution is -0.0514. The summed E-state index contributed by atoms with van der Waals surface area (Å²) in [6.45, 7) is -3.23. The molecule has 0 atom stereocenters. The first kappa shape index (κ1) is 13.8. The first-order chi connectivity index (χ1) is 7.77. The van der Waals surface area contributed by atoms with Crippen molar-refractivity contribution in [3.05, 3.63) is 10.3 Å². The summed E-state index contributed by atoms with van der Waals surface area (Å²) in [6, 6.07) is 0. The molecule has 0 amide bonds. The van der Waals surface area contributed by atoms with Crippen LogP contribution >= 0.6 is 11.3 Å². The largest absolute Gasteiger partial charge is 0.465 e. The van der Waals surface area contributed by atoms with E-state index in [9.17, 15) is 22.0 Å². The van der Waals surface area contributed by atoms with E-state index in [1.54, 1.807) is 0 Å². The zero-order chi connectivity index (χ0) is 13.2. The summed E-state index contributed by atoms with van der Waals surface area (Å²) >= 11 is 0.586. The third-order valence-electron chi connectivity index (χ3n) is 1.59. The monoisotopic (exact) mass is 287 g/mol. The van der Waals surface area contributed by atoms with Crippen molar-refractivity contribution in [1.29, 1.82) is 0 Å². The number of esters is 1. The quantitative estimate of drug-likeness (QED) is 0.826. The molecule has 0 saturated carbocycles. The zero-order valence-corrected chi connectivity index (χ0v) is 9.98. The Hall–Kier alpha value is -1.26. The lowest BCUT2D eigenvalue weighted by atomic mass is 10.4. The third-order valence-corrected chi connectivity index (χ3v) is 3.63. The highest BCUT2D eigenvalue weighted by molar-refractivity contribution is 7.89. The fraction of sp³-hybridized carbons (Fsp3) is 0.286. The van der Waals surface area contributed by atoms with Gasteiger partial charge in [-0.15, -0.1) is 11.3 Å². The van der Waals surface area contributed by atoms with Crippen LogP contribution in [0.1, 0.15) is 9.67 Å². The SMILES string of the molecule is COC(=O)c1scc(OC(F)F)c1S(N)(=O)=O. The molecule has 0 unspecified atom stereocenters. The van der Waals surface area contributed by atoms with E-state index in [0.29, 0.717) is 11.3 Å².